The topological polar surface area (TPSA) is 58.6 Å². The molecule has 0 bridgehead atoms. The minimum Gasteiger partial charge on any atom is -0.465 e. The maximum Gasteiger partial charge on any atom is 0.341 e. The van der Waals surface area contributed by atoms with Crippen LogP contribution in [0.4, 0.5) is 5.00 Å². The van der Waals surface area contributed by atoms with Crippen LogP contribution >= 0.6 is 34.5 Å². The van der Waals surface area contributed by atoms with Crippen LogP contribution in [-0.2, 0) is 17.7 Å². The van der Waals surface area contributed by atoms with Gasteiger partial charge in [0, 0.05) is 33.6 Å². The van der Waals surface area contributed by atoms with Crippen molar-refractivity contribution in [1.82, 2.24) is 4.90 Å². The van der Waals surface area contributed by atoms with Gasteiger partial charge < -0.3 is 10.1 Å². The monoisotopic (exact) mass is 412 g/mol. The predicted molar refractivity (Wildman–Crippen MR) is 105 cm³/mol. The van der Waals surface area contributed by atoms with E-state index in [0.29, 0.717) is 26.2 Å². The number of ether oxygens (including phenoxy) is 1. The normalized spacial score (nSPS) is 14.0. The Labute approximate surface area is 165 Å². The summed E-state index contributed by atoms with van der Waals surface area (Å²) in [6.07, 6.45) is 0.753. The van der Waals surface area contributed by atoms with E-state index in [9.17, 15) is 9.59 Å². The van der Waals surface area contributed by atoms with Gasteiger partial charge in [0.1, 0.15) is 5.00 Å². The summed E-state index contributed by atoms with van der Waals surface area (Å²) in [5.41, 5.74) is 1.75. The molecule has 1 aromatic heterocycles. The molecule has 1 N–H and O–H groups in total. The minimum absolute atomic E-state index is 0.333. The summed E-state index contributed by atoms with van der Waals surface area (Å²) in [6, 6.07) is 4.63. The van der Waals surface area contributed by atoms with E-state index >= 15 is 0 Å². The van der Waals surface area contributed by atoms with E-state index in [1.165, 1.54) is 30.6 Å². The van der Waals surface area contributed by atoms with Crippen LogP contribution in [0.5, 0.6) is 0 Å². The number of likely N-dealkylation sites (N-methyl/N-ethyl adjacent to an activating group) is 1. The molecule has 8 heteroatoms. The van der Waals surface area contributed by atoms with Gasteiger partial charge in [-0.2, -0.15) is 0 Å². The molecular formula is C18H18Cl2N2O3S. The van der Waals surface area contributed by atoms with Crippen LogP contribution in [-0.4, -0.2) is 37.0 Å². The number of amides is 1. The van der Waals surface area contributed by atoms with Crippen molar-refractivity contribution < 1.29 is 14.3 Å². The van der Waals surface area contributed by atoms with Gasteiger partial charge in [-0.1, -0.05) is 30.1 Å². The predicted octanol–water partition coefficient (Wildman–Crippen LogP) is 4.47. The number of carbonyl (C=O) groups excluding carboxylic acids is 2. The lowest BCUT2D eigenvalue weighted by atomic mass is 10.0. The molecule has 0 aliphatic carbocycles. The molecule has 0 saturated carbocycles. The van der Waals surface area contributed by atoms with Crippen molar-refractivity contribution >= 4 is 51.4 Å². The molecule has 0 atom stereocenters. The Morgan fingerprint density at radius 2 is 1.96 bits per heavy atom. The van der Waals surface area contributed by atoms with Crippen molar-refractivity contribution in [2.45, 2.75) is 19.9 Å². The highest BCUT2D eigenvalue weighted by atomic mass is 35.5. The quantitative estimate of drug-likeness (QED) is 0.752. The molecular weight excluding hydrogens is 395 g/mol. The maximum absolute atomic E-state index is 12.6. The molecule has 26 heavy (non-hydrogen) atoms. The van der Waals surface area contributed by atoms with E-state index in [2.05, 4.69) is 17.1 Å². The van der Waals surface area contributed by atoms with Crippen molar-refractivity contribution in [1.29, 1.82) is 0 Å². The molecule has 0 radical (unpaired) electrons. The third kappa shape index (κ3) is 3.88. The number of esters is 1. The number of nitrogens with zero attached hydrogens (tertiary/aromatic N) is 1. The number of methoxy groups -OCH3 is 1. The summed E-state index contributed by atoms with van der Waals surface area (Å²) in [7, 11) is 1.34. The Bertz CT molecular complexity index is 846. The second kappa shape index (κ2) is 7.96. The molecule has 2 aromatic rings. The fourth-order valence-electron chi connectivity index (χ4n) is 2.99. The van der Waals surface area contributed by atoms with Gasteiger partial charge >= 0.3 is 5.97 Å². The number of anilines is 1. The number of carbonyl (C=O) groups is 2. The van der Waals surface area contributed by atoms with Crippen LogP contribution in [0.1, 0.15) is 38.1 Å². The highest BCUT2D eigenvalue weighted by Gasteiger charge is 2.29. The molecule has 1 aliphatic rings. The van der Waals surface area contributed by atoms with Crippen molar-refractivity contribution in [2.24, 2.45) is 0 Å². The summed E-state index contributed by atoms with van der Waals surface area (Å²) in [5.74, 6) is -0.808. The first kappa shape index (κ1) is 19.2. The van der Waals surface area contributed by atoms with Gasteiger partial charge in [0.2, 0.25) is 0 Å². The summed E-state index contributed by atoms with van der Waals surface area (Å²) < 4.78 is 4.94. The van der Waals surface area contributed by atoms with Gasteiger partial charge in [-0.3, -0.25) is 9.69 Å². The van der Waals surface area contributed by atoms with Crippen LogP contribution in [0.25, 0.3) is 0 Å². The fraction of sp³-hybridized carbons (Fsp3) is 0.333. The van der Waals surface area contributed by atoms with Crippen molar-refractivity contribution in [3.63, 3.8) is 0 Å². The largest absolute Gasteiger partial charge is 0.465 e. The number of hydrogen-bond acceptors (Lipinski definition) is 5. The number of rotatable bonds is 4. The first-order valence-electron chi connectivity index (χ1n) is 8.15. The third-order valence-corrected chi connectivity index (χ3v) is 5.89. The molecule has 1 aromatic carbocycles. The first-order valence-corrected chi connectivity index (χ1v) is 9.72. The number of benzene rings is 1. The van der Waals surface area contributed by atoms with Crippen molar-refractivity contribution in [3.05, 3.63) is 49.8 Å². The smallest absolute Gasteiger partial charge is 0.341 e. The average molecular weight is 413 g/mol. The SMILES string of the molecule is CCN1CCc2c(sc(NC(=O)c3cc(Cl)cc(Cl)c3)c2C(=O)OC)C1. The molecule has 0 spiro atoms. The standard InChI is InChI=1S/C18H18Cl2N2O3S/c1-3-22-5-4-13-14(9-22)26-17(15(13)18(24)25-2)21-16(23)10-6-11(19)8-12(20)7-10/h6-8H,3-5,9H2,1-2H3,(H,21,23). The summed E-state index contributed by atoms with van der Waals surface area (Å²) in [5, 5.41) is 4.08. The van der Waals surface area contributed by atoms with E-state index in [-0.39, 0.29) is 5.91 Å². The Kier molecular flexibility index (Phi) is 5.87. The number of hydrogen-bond donors (Lipinski definition) is 1. The van der Waals surface area contributed by atoms with Gasteiger partial charge in [0.05, 0.1) is 12.7 Å². The van der Waals surface area contributed by atoms with Gasteiger partial charge in [-0.15, -0.1) is 11.3 Å². The second-order valence-corrected chi connectivity index (χ2v) is 7.91. The minimum atomic E-state index is -0.438. The van der Waals surface area contributed by atoms with E-state index < -0.39 is 5.97 Å². The Balaban J connectivity index is 1.95. The molecule has 1 aliphatic heterocycles. The van der Waals surface area contributed by atoms with Crippen LogP contribution in [0, 0.1) is 0 Å². The lowest BCUT2D eigenvalue weighted by molar-refractivity contribution is 0.0600. The second-order valence-electron chi connectivity index (χ2n) is 5.93. The lowest BCUT2D eigenvalue weighted by Crippen LogP contribution is -2.29. The lowest BCUT2D eigenvalue weighted by Gasteiger charge is -2.25. The zero-order chi connectivity index (χ0) is 18.8. The highest BCUT2D eigenvalue weighted by molar-refractivity contribution is 7.17. The molecule has 2 heterocycles. The fourth-order valence-corrected chi connectivity index (χ4v) is 4.79. The number of thiophene rings is 1. The maximum atomic E-state index is 12.6. The number of fused-ring (bicyclic) bond motifs is 1. The van der Waals surface area contributed by atoms with E-state index in [1.54, 1.807) is 6.07 Å². The molecule has 0 saturated heterocycles. The van der Waals surface area contributed by atoms with Crippen molar-refractivity contribution in [2.75, 3.05) is 25.5 Å². The number of nitrogens with one attached hydrogen (secondary N) is 1. The molecule has 0 fully saturated rings. The third-order valence-electron chi connectivity index (χ3n) is 4.32. The summed E-state index contributed by atoms with van der Waals surface area (Å²) in [4.78, 5) is 28.3. The molecule has 5 nitrogen and oxygen atoms in total. The Hall–Kier alpha value is -1.60. The summed E-state index contributed by atoms with van der Waals surface area (Å²) in [6.45, 7) is 4.68. The van der Waals surface area contributed by atoms with E-state index in [0.717, 1.165) is 36.5 Å². The zero-order valence-corrected chi connectivity index (χ0v) is 16.7. The van der Waals surface area contributed by atoms with Gasteiger partial charge in [-0.25, -0.2) is 4.79 Å². The highest BCUT2D eigenvalue weighted by Crippen LogP contribution is 2.38. The van der Waals surface area contributed by atoms with Gasteiger partial charge in [0.15, 0.2) is 0 Å². The van der Waals surface area contributed by atoms with E-state index in [4.69, 9.17) is 27.9 Å². The zero-order valence-electron chi connectivity index (χ0n) is 14.4. The summed E-state index contributed by atoms with van der Waals surface area (Å²) >= 11 is 13.4. The number of halogens is 2. The van der Waals surface area contributed by atoms with Gasteiger partial charge in [-0.05, 0) is 36.7 Å². The van der Waals surface area contributed by atoms with Crippen LogP contribution in [0.2, 0.25) is 10.0 Å². The van der Waals surface area contributed by atoms with Gasteiger partial charge in [0.25, 0.3) is 5.91 Å². The van der Waals surface area contributed by atoms with Crippen LogP contribution < -0.4 is 5.32 Å². The molecule has 0 unspecified atom stereocenters. The molecule has 138 valence electrons. The van der Waals surface area contributed by atoms with E-state index in [1.807, 2.05) is 0 Å². The average Bonchev–Trinajstić information content (AvgIpc) is 2.96. The first-order chi connectivity index (χ1) is 12.4. The Morgan fingerprint density at radius 3 is 2.58 bits per heavy atom. The Morgan fingerprint density at radius 1 is 1.27 bits per heavy atom. The van der Waals surface area contributed by atoms with Crippen LogP contribution in [0.15, 0.2) is 18.2 Å². The van der Waals surface area contributed by atoms with Crippen molar-refractivity contribution in [3.8, 4) is 0 Å². The molecule has 3 rings (SSSR count). The van der Waals surface area contributed by atoms with Crippen LogP contribution in [0.3, 0.4) is 0 Å². The molecule has 1 amide bonds.